The van der Waals surface area contributed by atoms with E-state index in [-0.39, 0.29) is 18.3 Å². The predicted octanol–water partition coefficient (Wildman–Crippen LogP) is 2.87. The lowest BCUT2D eigenvalue weighted by atomic mass is 9.69. The zero-order valence-electron chi connectivity index (χ0n) is 17.9. The van der Waals surface area contributed by atoms with Gasteiger partial charge in [0.05, 0.1) is 26.4 Å². The Morgan fingerprint density at radius 1 is 1.17 bits per heavy atom. The molecule has 1 aromatic rings. The lowest BCUT2D eigenvalue weighted by Crippen LogP contribution is -2.43. The Labute approximate surface area is 176 Å². The standard InChI is InChI=1S/C23H27NO6/c1-6-30-23(27)18-13(3)24-16-11-12(2)17(22(26)29-5)21(25)20(16)19(18)14-7-9-15(28-4)10-8-14/h7-10,12,17,19,24H,6,11H2,1-5H3/t12-,17+,19+/m1/s1. The Hall–Kier alpha value is -3.09. The lowest BCUT2D eigenvalue weighted by Gasteiger charge is -2.38. The molecule has 1 aliphatic heterocycles. The van der Waals surface area contributed by atoms with Crippen molar-refractivity contribution in [2.75, 3.05) is 20.8 Å². The molecule has 30 heavy (non-hydrogen) atoms. The Morgan fingerprint density at radius 3 is 2.40 bits per heavy atom. The second-order valence-corrected chi connectivity index (χ2v) is 7.53. The number of methoxy groups -OCH3 is 2. The van der Waals surface area contributed by atoms with Crippen molar-refractivity contribution in [3.05, 3.63) is 52.4 Å². The fourth-order valence-electron chi connectivity index (χ4n) is 4.29. The van der Waals surface area contributed by atoms with Gasteiger partial charge in [0.1, 0.15) is 11.7 Å². The molecule has 3 rings (SSSR count). The molecular formula is C23H27NO6. The van der Waals surface area contributed by atoms with E-state index >= 15 is 0 Å². The number of ketones is 1. The molecule has 0 spiro atoms. The Morgan fingerprint density at radius 2 is 1.83 bits per heavy atom. The van der Waals surface area contributed by atoms with E-state index in [1.165, 1.54) is 7.11 Å². The number of carbonyl (C=O) groups is 3. The number of carbonyl (C=O) groups excluding carboxylic acids is 3. The summed E-state index contributed by atoms with van der Waals surface area (Å²) in [5, 5.41) is 3.23. The molecule has 2 aliphatic rings. The minimum absolute atomic E-state index is 0.215. The van der Waals surface area contributed by atoms with Gasteiger partial charge in [0, 0.05) is 22.9 Å². The third-order valence-electron chi connectivity index (χ3n) is 5.69. The number of hydrogen-bond donors (Lipinski definition) is 1. The van der Waals surface area contributed by atoms with Crippen molar-refractivity contribution in [3.63, 3.8) is 0 Å². The van der Waals surface area contributed by atoms with Gasteiger partial charge in [0.25, 0.3) is 0 Å². The molecular weight excluding hydrogens is 386 g/mol. The monoisotopic (exact) mass is 413 g/mol. The number of benzene rings is 1. The summed E-state index contributed by atoms with van der Waals surface area (Å²) in [5.74, 6) is -2.47. The van der Waals surface area contributed by atoms with Crippen LogP contribution in [0.2, 0.25) is 0 Å². The van der Waals surface area contributed by atoms with Gasteiger partial charge in [-0.3, -0.25) is 9.59 Å². The normalized spacial score (nSPS) is 23.5. The summed E-state index contributed by atoms with van der Waals surface area (Å²) >= 11 is 0. The summed E-state index contributed by atoms with van der Waals surface area (Å²) in [4.78, 5) is 38.7. The van der Waals surface area contributed by atoms with Crippen molar-refractivity contribution in [1.29, 1.82) is 0 Å². The third-order valence-corrected chi connectivity index (χ3v) is 5.69. The molecule has 3 atom stereocenters. The maximum atomic E-state index is 13.5. The number of Topliss-reactive ketones (excluding diaryl/α,β-unsaturated/α-hetero) is 1. The van der Waals surface area contributed by atoms with Gasteiger partial charge in [-0.1, -0.05) is 19.1 Å². The largest absolute Gasteiger partial charge is 0.497 e. The predicted molar refractivity (Wildman–Crippen MR) is 110 cm³/mol. The first-order valence-electron chi connectivity index (χ1n) is 9.97. The first kappa shape index (κ1) is 21.6. The van der Waals surface area contributed by atoms with Gasteiger partial charge in [-0.15, -0.1) is 0 Å². The zero-order chi connectivity index (χ0) is 22.0. The molecule has 0 saturated heterocycles. The molecule has 1 N–H and O–H groups in total. The number of rotatable bonds is 5. The highest BCUT2D eigenvalue weighted by Gasteiger charge is 2.47. The van der Waals surface area contributed by atoms with Gasteiger partial charge < -0.3 is 19.5 Å². The molecule has 0 aromatic heterocycles. The smallest absolute Gasteiger partial charge is 0.336 e. The van der Waals surface area contributed by atoms with Crippen LogP contribution in [-0.2, 0) is 23.9 Å². The number of ether oxygens (including phenoxy) is 3. The number of allylic oxidation sites excluding steroid dienone is 3. The van der Waals surface area contributed by atoms with Gasteiger partial charge in [0.2, 0.25) is 0 Å². The summed E-state index contributed by atoms with van der Waals surface area (Å²) in [6.45, 7) is 5.60. The first-order chi connectivity index (χ1) is 14.3. The highest BCUT2D eigenvalue weighted by atomic mass is 16.5. The van der Waals surface area contributed by atoms with Crippen LogP contribution in [0.4, 0.5) is 0 Å². The van der Waals surface area contributed by atoms with Crippen LogP contribution in [0.25, 0.3) is 0 Å². The quantitative estimate of drug-likeness (QED) is 0.586. The average Bonchev–Trinajstić information content (AvgIpc) is 2.72. The maximum absolute atomic E-state index is 13.5. The summed E-state index contributed by atoms with van der Waals surface area (Å²) in [6.07, 6.45) is 0.501. The first-order valence-corrected chi connectivity index (χ1v) is 9.97. The van der Waals surface area contributed by atoms with E-state index in [4.69, 9.17) is 14.2 Å². The minimum atomic E-state index is -0.904. The number of hydrogen-bond acceptors (Lipinski definition) is 7. The third kappa shape index (κ3) is 3.72. The molecule has 7 heteroatoms. The van der Waals surface area contributed by atoms with E-state index in [0.717, 1.165) is 11.3 Å². The molecule has 1 heterocycles. The lowest BCUT2D eigenvalue weighted by molar-refractivity contribution is -0.151. The molecule has 0 unspecified atom stereocenters. The fraction of sp³-hybridized carbons (Fsp3) is 0.435. The molecule has 0 bridgehead atoms. The van der Waals surface area contributed by atoms with Crippen LogP contribution < -0.4 is 10.1 Å². The minimum Gasteiger partial charge on any atom is -0.497 e. The summed E-state index contributed by atoms with van der Waals surface area (Å²) in [7, 11) is 2.85. The van der Waals surface area contributed by atoms with Crippen molar-refractivity contribution in [2.45, 2.75) is 33.1 Å². The molecule has 0 saturated carbocycles. The van der Waals surface area contributed by atoms with Gasteiger partial charge in [-0.05, 0) is 43.9 Å². The zero-order valence-corrected chi connectivity index (χ0v) is 17.9. The Kier molecular flexibility index (Phi) is 6.29. The van der Waals surface area contributed by atoms with E-state index in [9.17, 15) is 14.4 Å². The van der Waals surface area contributed by atoms with Gasteiger partial charge in [0.15, 0.2) is 5.78 Å². The average molecular weight is 413 g/mol. The highest BCUT2D eigenvalue weighted by Crippen LogP contribution is 2.45. The Bertz CT molecular complexity index is 928. The fourth-order valence-corrected chi connectivity index (χ4v) is 4.29. The second-order valence-electron chi connectivity index (χ2n) is 7.53. The van der Waals surface area contributed by atoms with Crippen LogP contribution in [0.15, 0.2) is 46.8 Å². The molecule has 160 valence electrons. The maximum Gasteiger partial charge on any atom is 0.336 e. The van der Waals surface area contributed by atoms with Crippen LogP contribution >= 0.6 is 0 Å². The van der Waals surface area contributed by atoms with E-state index in [1.54, 1.807) is 33.1 Å². The van der Waals surface area contributed by atoms with Crippen molar-refractivity contribution in [2.24, 2.45) is 11.8 Å². The SMILES string of the molecule is CCOC(=O)C1=C(C)NC2=C(C(=O)[C@@H](C(=O)OC)[C@H](C)C2)[C@H]1c1ccc(OC)cc1. The number of esters is 2. The van der Waals surface area contributed by atoms with Crippen LogP contribution in [0.1, 0.15) is 38.7 Å². The topological polar surface area (TPSA) is 90.9 Å². The number of nitrogens with one attached hydrogen (secondary N) is 1. The molecule has 7 nitrogen and oxygen atoms in total. The summed E-state index contributed by atoms with van der Waals surface area (Å²) in [6, 6.07) is 7.21. The molecule has 1 aliphatic carbocycles. The van der Waals surface area contributed by atoms with Crippen molar-refractivity contribution >= 4 is 17.7 Å². The molecule has 0 amide bonds. The Balaban J connectivity index is 2.17. The van der Waals surface area contributed by atoms with E-state index < -0.39 is 23.8 Å². The van der Waals surface area contributed by atoms with Crippen LogP contribution in [0.3, 0.4) is 0 Å². The highest BCUT2D eigenvalue weighted by molar-refractivity contribution is 6.12. The number of dihydropyridines is 1. The summed E-state index contributed by atoms with van der Waals surface area (Å²) < 4.78 is 15.4. The van der Waals surface area contributed by atoms with Crippen molar-refractivity contribution in [1.82, 2.24) is 5.32 Å². The van der Waals surface area contributed by atoms with E-state index in [2.05, 4.69) is 5.32 Å². The van der Waals surface area contributed by atoms with E-state index in [0.29, 0.717) is 29.0 Å². The second kappa shape index (κ2) is 8.73. The summed E-state index contributed by atoms with van der Waals surface area (Å²) in [5.41, 5.74) is 2.91. The van der Waals surface area contributed by atoms with Crippen LogP contribution in [-0.4, -0.2) is 38.5 Å². The van der Waals surface area contributed by atoms with E-state index in [1.807, 2.05) is 19.1 Å². The van der Waals surface area contributed by atoms with Crippen LogP contribution in [0.5, 0.6) is 5.75 Å². The molecule has 1 aromatic carbocycles. The molecule has 0 radical (unpaired) electrons. The van der Waals surface area contributed by atoms with Gasteiger partial charge >= 0.3 is 11.9 Å². The van der Waals surface area contributed by atoms with Crippen LogP contribution in [0, 0.1) is 11.8 Å². The van der Waals surface area contributed by atoms with Crippen molar-refractivity contribution in [3.8, 4) is 5.75 Å². The van der Waals surface area contributed by atoms with Gasteiger partial charge in [-0.2, -0.15) is 0 Å². The van der Waals surface area contributed by atoms with Crippen molar-refractivity contribution < 1.29 is 28.6 Å². The molecule has 0 fully saturated rings. The van der Waals surface area contributed by atoms with Gasteiger partial charge in [-0.25, -0.2) is 4.79 Å².